The van der Waals surface area contributed by atoms with Crippen LogP contribution in [0.2, 0.25) is 5.02 Å². The number of halogens is 2. The molecule has 0 spiro atoms. The number of nitrogens with two attached hydrogens (primary N) is 1. The molecule has 1 aromatic heterocycles. The van der Waals surface area contributed by atoms with Crippen LogP contribution in [-0.4, -0.2) is 48.8 Å². The van der Waals surface area contributed by atoms with Crippen LogP contribution in [0.5, 0.6) is 5.75 Å². The van der Waals surface area contributed by atoms with Crippen LogP contribution in [0.1, 0.15) is 52.7 Å². The minimum Gasteiger partial charge on any atom is -0.497 e. The highest BCUT2D eigenvalue weighted by Gasteiger charge is 2.16. The first-order valence-corrected chi connectivity index (χ1v) is 14.7. The molecule has 228 valence electrons. The summed E-state index contributed by atoms with van der Waals surface area (Å²) in [7, 11) is 1.63. The molecule has 0 unspecified atom stereocenters. The predicted octanol–water partition coefficient (Wildman–Crippen LogP) is 6.55. The Morgan fingerprint density at radius 1 is 0.977 bits per heavy atom. The zero-order valence-corrected chi connectivity index (χ0v) is 27.0. The number of nitrogens with zero attached hydrogens (tertiary/aromatic N) is 1. The van der Waals surface area contributed by atoms with E-state index < -0.39 is 11.9 Å². The summed E-state index contributed by atoms with van der Waals surface area (Å²) in [6, 6.07) is 18.2. The second kappa shape index (κ2) is 15.6. The molecular weight excluding hydrogens is 638 g/mol. The number of methoxy groups -OCH3 is 1. The molecule has 43 heavy (non-hydrogen) atoms. The maximum atomic E-state index is 12.7. The lowest BCUT2D eigenvalue weighted by Gasteiger charge is -2.13. The van der Waals surface area contributed by atoms with Gasteiger partial charge in [-0.1, -0.05) is 25.4 Å². The minimum absolute atomic E-state index is 0.0139. The van der Waals surface area contributed by atoms with Crippen molar-refractivity contribution in [1.82, 2.24) is 9.88 Å². The highest BCUT2D eigenvalue weighted by atomic mass is 79.9. The molecule has 0 radical (unpaired) electrons. The number of hydrogen-bond acceptors (Lipinski definition) is 8. The summed E-state index contributed by atoms with van der Waals surface area (Å²) in [6.45, 7) is 7.87. The van der Waals surface area contributed by atoms with Crippen molar-refractivity contribution in [2.45, 2.75) is 40.3 Å². The van der Waals surface area contributed by atoms with Gasteiger partial charge >= 0.3 is 11.9 Å². The monoisotopic (exact) mass is 671 g/mol. The smallest absolute Gasteiger partial charge is 0.338 e. The van der Waals surface area contributed by atoms with E-state index in [2.05, 4.69) is 21.2 Å². The van der Waals surface area contributed by atoms with Crippen LogP contribution < -0.4 is 15.8 Å². The molecule has 0 bridgehead atoms. The van der Waals surface area contributed by atoms with E-state index in [1.807, 2.05) is 45.0 Å². The van der Waals surface area contributed by atoms with E-state index in [1.54, 1.807) is 48.1 Å². The van der Waals surface area contributed by atoms with E-state index in [0.29, 0.717) is 38.9 Å². The number of ether oxygens (including phenoxy) is 3. The highest BCUT2D eigenvalue weighted by Crippen LogP contribution is 2.27. The van der Waals surface area contributed by atoms with E-state index in [-0.39, 0.29) is 19.1 Å². The number of anilines is 1. The Hall–Kier alpha value is -3.86. The number of nitrogens with one attached hydrogen (secondary N) is 1. The molecule has 9 nitrogen and oxygen atoms in total. The van der Waals surface area contributed by atoms with Crippen molar-refractivity contribution >= 4 is 62.0 Å². The number of nitrogen functional groups attached to an aromatic ring is 1. The Balaban J connectivity index is 0.000000235. The van der Waals surface area contributed by atoms with Crippen molar-refractivity contribution in [3.05, 3.63) is 92.5 Å². The van der Waals surface area contributed by atoms with Crippen molar-refractivity contribution in [3.8, 4) is 5.75 Å². The normalized spacial score (nSPS) is 10.7. The Morgan fingerprint density at radius 2 is 1.65 bits per heavy atom. The molecule has 0 aliphatic carbocycles. The summed E-state index contributed by atoms with van der Waals surface area (Å²) in [4.78, 5) is 35.3. The van der Waals surface area contributed by atoms with E-state index in [4.69, 9.17) is 31.5 Å². The molecule has 0 fully saturated rings. The largest absolute Gasteiger partial charge is 0.497 e. The molecule has 0 aliphatic rings. The molecule has 4 rings (SSSR count). The molecule has 11 heteroatoms. The quantitative estimate of drug-likeness (QED) is 0.117. The first-order valence-electron chi connectivity index (χ1n) is 13.5. The van der Waals surface area contributed by atoms with Crippen molar-refractivity contribution in [2.75, 3.05) is 26.1 Å². The van der Waals surface area contributed by atoms with Gasteiger partial charge in [-0.2, -0.15) is 0 Å². The van der Waals surface area contributed by atoms with Crippen LogP contribution in [0.3, 0.4) is 0 Å². The average molecular weight is 673 g/mol. The van der Waals surface area contributed by atoms with E-state index >= 15 is 0 Å². The van der Waals surface area contributed by atoms with Gasteiger partial charge in [-0.05, 0) is 89.1 Å². The lowest BCUT2D eigenvalue weighted by atomic mass is 10.1. The maximum Gasteiger partial charge on any atom is 0.338 e. The highest BCUT2D eigenvalue weighted by molar-refractivity contribution is 9.10. The molecule has 0 amide bonds. The van der Waals surface area contributed by atoms with Gasteiger partial charge in [0.25, 0.3) is 5.91 Å². The van der Waals surface area contributed by atoms with E-state index in [9.17, 15) is 14.4 Å². The van der Waals surface area contributed by atoms with Gasteiger partial charge < -0.3 is 25.3 Å². The number of aryl methyl sites for hydroxylation is 1. The van der Waals surface area contributed by atoms with Crippen LogP contribution in [-0.2, 0) is 20.8 Å². The number of carbonyl (C=O) groups is 3. The summed E-state index contributed by atoms with van der Waals surface area (Å²) in [5, 5.41) is 4.85. The zero-order chi connectivity index (χ0) is 31.7. The Morgan fingerprint density at radius 3 is 2.28 bits per heavy atom. The molecule has 4 aromatic rings. The molecule has 0 saturated heterocycles. The molecule has 3 N–H and O–H groups in total. The Kier molecular flexibility index (Phi) is 12.2. The van der Waals surface area contributed by atoms with E-state index in [0.717, 1.165) is 27.9 Å². The van der Waals surface area contributed by atoms with Crippen molar-refractivity contribution in [2.24, 2.45) is 0 Å². The van der Waals surface area contributed by atoms with Gasteiger partial charge in [0.15, 0.2) is 0 Å². The number of carbonyl (C=O) groups excluding carboxylic acids is 3. The summed E-state index contributed by atoms with van der Waals surface area (Å²) >= 11 is 9.21. The number of benzene rings is 3. The van der Waals surface area contributed by atoms with Crippen molar-refractivity contribution in [1.29, 1.82) is 0 Å². The molecule has 1 heterocycles. The average Bonchev–Trinajstić information content (AvgIpc) is 3.30. The van der Waals surface area contributed by atoms with Crippen molar-refractivity contribution in [3.63, 3.8) is 0 Å². The third-order valence-electron chi connectivity index (χ3n) is 6.26. The van der Waals surface area contributed by atoms with Crippen LogP contribution in [0.15, 0.2) is 65.1 Å². The van der Waals surface area contributed by atoms with Gasteiger partial charge in [0, 0.05) is 45.6 Å². The fraction of sp³-hybridized carbons (Fsp3) is 0.281. The van der Waals surface area contributed by atoms with Gasteiger partial charge in [-0.3, -0.25) is 14.2 Å². The van der Waals surface area contributed by atoms with Crippen LogP contribution in [0, 0.1) is 6.92 Å². The number of rotatable bonds is 9. The lowest BCUT2D eigenvalue weighted by molar-refractivity contribution is -0.142. The summed E-state index contributed by atoms with van der Waals surface area (Å²) in [6.07, 6.45) is 0. The summed E-state index contributed by atoms with van der Waals surface area (Å²) < 4.78 is 17.3. The van der Waals surface area contributed by atoms with Gasteiger partial charge in [0.1, 0.15) is 19.0 Å². The number of aromatic nitrogens is 1. The summed E-state index contributed by atoms with van der Waals surface area (Å²) in [5.74, 6) is -0.185. The molecule has 3 aromatic carbocycles. The summed E-state index contributed by atoms with van der Waals surface area (Å²) in [5.41, 5.74) is 10.2. The SMILES string of the molecule is CC(=O)OCCOC(=O)c1cc(Br)c(N)c(CNC(C)C)c1.COc1ccc2c(c1)cc(C)n2C(=O)c1ccc(Cl)cc1. The lowest BCUT2D eigenvalue weighted by Crippen LogP contribution is -2.23. The first kappa shape index (κ1) is 33.6. The van der Waals surface area contributed by atoms with Gasteiger partial charge in [0.05, 0.1) is 23.9 Å². The third-order valence-corrected chi connectivity index (χ3v) is 7.17. The molecule has 0 aliphatic heterocycles. The Bertz CT molecular complexity index is 1600. The topological polar surface area (TPSA) is 122 Å². The predicted molar refractivity (Wildman–Crippen MR) is 172 cm³/mol. The van der Waals surface area contributed by atoms with Crippen LogP contribution >= 0.6 is 27.5 Å². The number of esters is 2. The number of fused-ring (bicyclic) bond motifs is 1. The molecular formula is C32H35BrClN3O6. The van der Waals surface area contributed by atoms with Gasteiger partial charge in [-0.25, -0.2) is 4.79 Å². The second-order valence-corrected chi connectivity index (χ2v) is 11.2. The number of hydrogen-bond donors (Lipinski definition) is 2. The maximum absolute atomic E-state index is 12.7. The van der Waals surface area contributed by atoms with E-state index in [1.165, 1.54) is 6.92 Å². The molecule has 0 atom stereocenters. The minimum atomic E-state index is -0.487. The van der Waals surface area contributed by atoms with Crippen LogP contribution in [0.25, 0.3) is 10.9 Å². The van der Waals surface area contributed by atoms with Gasteiger partial charge in [-0.15, -0.1) is 0 Å². The van der Waals surface area contributed by atoms with Crippen LogP contribution in [0.4, 0.5) is 5.69 Å². The standard InChI is InChI=1S/C17H14ClNO2.C15H21BrN2O4/c1-11-9-13-10-15(21-2)7-8-16(13)19(11)17(20)12-3-5-14(18)6-4-12;1-9(2)18-8-12-6-11(7-13(16)14(12)17)15(20)22-5-4-21-10(3)19/h3-10H,1-2H3;6-7,9,18H,4-5,8,17H2,1-3H3. The Labute approximate surface area is 264 Å². The molecule has 0 saturated carbocycles. The fourth-order valence-electron chi connectivity index (χ4n) is 4.11. The second-order valence-electron chi connectivity index (χ2n) is 9.90. The zero-order valence-electron chi connectivity index (χ0n) is 24.7. The third kappa shape index (κ3) is 9.31. The first-order chi connectivity index (χ1) is 20.4. The van der Waals surface area contributed by atoms with Gasteiger partial charge in [0.2, 0.25) is 0 Å². The van der Waals surface area contributed by atoms with Crippen molar-refractivity contribution < 1.29 is 28.6 Å². The fourth-order valence-corrected chi connectivity index (χ4v) is 4.73.